The van der Waals surface area contributed by atoms with Gasteiger partial charge in [-0.2, -0.15) is 13.2 Å². The van der Waals surface area contributed by atoms with Crippen LogP contribution in [0.5, 0.6) is 0 Å². The summed E-state index contributed by atoms with van der Waals surface area (Å²) in [5.74, 6) is 0. The monoisotopic (exact) mass is 268 g/mol. The van der Waals surface area contributed by atoms with Gasteiger partial charge >= 0.3 is 12.2 Å². The normalized spacial score (nSPS) is 10.2. The Kier molecular flexibility index (Phi) is 5.81. The molecule has 0 atom stereocenters. The third-order valence-electron chi connectivity index (χ3n) is 1.54. The lowest BCUT2D eigenvalue weighted by molar-refractivity contribution is -0.137. The molecule has 0 aliphatic heterocycles. The zero-order chi connectivity index (χ0) is 13.6. The highest BCUT2D eigenvalue weighted by molar-refractivity contribution is 6.31. The minimum Gasteiger partial charge on any atom is -0.351 e. The first-order valence-corrected chi connectivity index (χ1v) is 5.11. The average Bonchev–Trinajstić information content (AvgIpc) is 2.21. The lowest BCUT2D eigenvalue weighted by Gasteiger charge is -2.10. The number of amides is 2. The van der Waals surface area contributed by atoms with Crippen LogP contribution >= 0.6 is 11.6 Å². The van der Waals surface area contributed by atoms with Crippen molar-refractivity contribution in [3.63, 3.8) is 0 Å². The van der Waals surface area contributed by atoms with E-state index in [1.807, 2.05) is 19.2 Å². The number of urea groups is 1. The van der Waals surface area contributed by atoms with Crippen LogP contribution < -0.4 is 11.1 Å². The number of primary amides is 1. The molecule has 0 fully saturated rings. The van der Waals surface area contributed by atoms with Crippen LogP contribution in [-0.4, -0.2) is 6.03 Å². The Hall–Kier alpha value is -1.43. The maximum absolute atomic E-state index is 12.3. The van der Waals surface area contributed by atoms with Gasteiger partial charge in [0.15, 0.2) is 0 Å². The van der Waals surface area contributed by atoms with E-state index in [0.29, 0.717) is 6.07 Å². The van der Waals surface area contributed by atoms with Gasteiger partial charge in [0.2, 0.25) is 0 Å². The number of benzene rings is 1. The molecule has 2 amide bonds. The topological polar surface area (TPSA) is 55.1 Å². The second kappa shape index (κ2) is 6.34. The molecule has 7 heteroatoms. The number of halogens is 4. The summed E-state index contributed by atoms with van der Waals surface area (Å²) in [6.45, 7) is 4.00. The van der Waals surface area contributed by atoms with Gasteiger partial charge in [-0.15, -0.1) is 0 Å². The Bertz CT molecular complexity index is 394. The van der Waals surface area contributed by atoms with Crippen molar-refractivity contribution in [3.8, 4) is 0 Å². The summed E-state index contributed by atoms with van der Waals surface area (Å²) in [5, 5.41) is 1.59. The van der Waals surface area contributed by atoms with E-state index in [4.69, 9.17) is 17.3 Å². The molecule has 0 radical (unpaired) electrons. The lowest BCUT2D eigenvalue weighted by Crippen LogP contribution is -2.19. The Morgan fingerprint density at radius 3 is 2.29 bits per heavy atom. The van der Waals surface area contributed by atoms with Crippen molar-refractivity contribution in [1.29, 1.82) is 0 Å². The highest BCUT2D eigenvalue weighted by Gasteiger charge is 2.33. The Morgan fingerprint density at radius 2 is 1.88 bits per heavy atom. The van der Waals surface area contributed by atoms with Gasteiger partial charge in [-0.3, -0.25) is 0 Å². The molecule has 0 aliphatic carbocycles. The largest absolute Gasteiger partial charge is 0.417 e. The average molecular weight is 269 g/mol. The zero-order valence-corrected chi connectivity index (χ0v) is 9.99. The van der Waals surface area contributed by atoms with E-state index in [2.05, 4.69) is 0 Å². The second-order valence-corrected chi connectivity index (χ2v) is 3.09. The summed E-state index contributed by atoms with van der Waals surface area (Å²) < 4.78 is 37.0. The number of carbonyl (C=O) groups excluding carboxylic acids is 1. The predicted molar refractivity (Wildman–Crippen MR) is 61.0 cm³/mol. The minimum atomic E-state index is -4.56. The number of alkyl halides is 3. The van der Waals surface area contributed by atoms with Crippen molar-refractivity contribution in [3.05, 3.63) is 28.8 Å². The Labute approximate surface area is 102 Å². The summed E-state index contributed by atoms with van der Waals surface area (Å²) in [4.78, 5) is 10.4. The van der Waals surface area contributed by atoms with Crippen molar-refractivity contribution < 1.29 is 18.0 Å². The number of nitrogens with two attached hydrogens (primary N) is 1. The molecule has 17 heavy (non-hydrogen) atoms. The van der Waals surface area contributed by atoms with E-state index in [1.165, 1.54) is 6.07 Å². The quantitative estimate of drug-likeness (QED) is 0.798. The fourth-order valence-corrected chi connectivity index (χ4v) is 1.19. The van der Waals surface area contributed by atoms with Crippen LogP contribution in [0.4, 0.5) is 23.7 Å². The first-order chi connectivity index (χ1) is 7.80. The van der Waals surface area contributed by atoms with Gasteiger partial charge in [-0.25, -0.2) is 4.79 Å². The van der Waals surface area contributed by atoms with E-state index >= 15 is 0 Å². The molecule has 0 saturated heterocycles. The van der Waals surface area contributed by atoms with Gasteiger partial charge in [0, 0.05) is 5.69 Å². The predicted octanol–water partition coefficient (Wildman–Crippen LogP) is 3.88. The number of hydrogen-bond donors (Lipinski definition) is 2. The van der Waals surface area contributed by atoms with E-state index in [9.17, 15) is 18.0 Å². The number of anilines is 1. The van der Waals surface area contributed by atoms with Crippen LogP contribution in [0.3, 0.4) is 0 Å². The van der Waals surface area contributed by atoms with E-state index in [1.54, 1.807) is 0 Å². The maximum Gasteiger partial charge on any atom is 0.417 e. The van der Waals surface area contributed by atoms with Crippen molar-refractivity contribution in [1.82, 2.24) is 0 Å². The molecule has 0 spiro atoms. The third-order valence-corrected chi connectivity index (χ3v) is 1.87. The summed E-state index contributed by atoms with van der Waals surface area (Å²) >= 11 is 5.35. The molecule has 1 aromatic carbocycles. The summed E-state index contributed by atoms with van der Waals surface area (Å²) in [7, 11) is 0. The maximum atomic E-state index is 12.3. The van der Waals surface area contributed by atoms with Crippen molar-refractivity contribution in [2.45, 2.75) is 20.0 Å². The van der Waals surface area contributed by atoms with Crippen molar-refractivity contribution in [2.24, 2.45) is 5.73 Å². The summed E-state index contributed by atoms with van der Waals surface area (Å²) in [5.41, 5.74) is 3.68. The van der Waals surface area contributed by atoms with Gasteiger partial charge in [0.1, 0.15) is 0 Å². The van der Waals surface area contributed by atoms with Crippen LogP contribution in [0.25, 0.3) is 0 Å². The molecule has 3 nitrogen and oxygen atoms in total. The number of carbonyl (C=O) groups is 1. The highest BCUT2D eigenvalue weighted by atomic mass is 35.5. The molecule has 1 rings (SSSR count). The molecule has 0 bridgehead atoms. The fraction of sp³-hybridized carbons (Fsp3) is 0.300. The molecule has 0 aromatic heterocycles. The van der Waals surface area contributed by atoms with E-state index in [-0.39, 0.29) is 5.69 Å². The molecule has 96 valence electrons. The van der Waals surface area contributed by atoms with Crippen LogP contribution in [0.1, 0.15) is 19.4 Å². The summed E-state index contributed by atoms with van der Waals surface area (Å²) in [6, 6.07) is 2.04. The first-order valence-electron chi connectivity index (χ1n) is 4.74. The van der Waals surface area contributed by atoms with Crippen LogP contribution in [-0.2, 0) is 6.18 Å². The van der Waals surface area contributed by atoms with Crippen molar-refractivity contribution >= 4 is 23.3 Å². The number of nitrogens with one attached hydrogen (secondary N) is 1. The van der Waals surface area contributed by atoms with Crippen LogP contribution in [0.2, 0.25) is 5.02 Å². The SMILES string of the molecule is CC.NC(=O)Nc1ccc(Cl)c(C(F)(F)F)c1. The van der Waals surface area contributed by atoms with Gasteiger partial charge in [-0.05, 0) is 18.2 Å². The van der Waals surface area contributed by atoms with Gasteiger partial charge in [0.25, 0.3) is 0 Å². The third kappa shape index (κ3) is 4.95. The summed E-state index contributed by atoms with van der Waals surface area (Å²) in [6.07, 6.45) is -4.56. The molecule has 0 heterocycles. The van der Waals surface area contributed by atoms with Gasteiger partial charge in [0.05, 0.1) is 10.6 Å². The molecule has 3 N–H and O–H groups in total. The zero-order valence-electron chi connectivity index (χ0n) is 9.23. The minimum absolute atomic E-state index is 0.0563. The van der Waals surface area contributed by atoms with Crippen molar-refractivity contribution in [2.75, 3.05) is 5.32 Å². The lowest BCUT2D eigenvalue weighted by atomic mass is 10.2. The first kappa shape index (κ1) is 15.6. The molecule has 0 aliphatic rings. The Morgan fingerprint density at radius 1 is 1.35 bits per heavy atom. The molecular formula is C10H12ClF3N2O. The molecule has 0 saturated carbocycles. The molecular weight excluding hydrogens is 257 g/mol. The number of hydrogen-bond acceptors (Lipinski definition) is 1. The van der Waals surface area contributed by atoms with Gasteiger partial charge < -0.3 is 11.1 Å². The molecule has 0 unspecified atom stereocenters. The smallest absolute Gasteiger partial charge is 0.351 e. The molecule has 1 aromatic rings. The number of rotatable bonds is 1. The van der Waals surface area contributed by atoms with E-state index in [0.717, 1.165) is 6.07 Å². The van der Waals surface area contributed by atoms with Crippen LogP contribution in [0.15, 0.2) is 18.2 Å². The standard InChI is InChI=1S/C8H6ClF3N2O.C2H6/c9-6-2-1-4(14-7(13)15)3-5(6)8(10,11)12;1-2/h1-3H,(H3,13,14,15);1-2H3. The fourth-order valence-electron chi connectivity index (χ4n) is 0.963. The Balaban J connectivity index is 0.00000121. The van der Waals surface area contributed by atoms with E-state index < -0.39 is 22.8 Å². The highest BCUT2D eigenvalue weighted by Crippen LogP contribution is 2.36. The second-order valence-electron chi connectivity index (χ2n) is 2.68. The van der Waals surface area contributed by atoms with Crippen LogP contribution in [0, 0.1) is 0 Å². The van der Waals surface area contributed by atoms with Gasteiger partial charge in [-0.1, -0.05) is 25.4 Å².